The second-order valence-electron chi connectivity index (χ2n) is 4.09. The maximum absolute atomic E-state index is 12.2. The van der Waals surface area contributed by atoms with Crippen LogP contribution in [0.3, 0.4) is 0 Å². The zero-order valence-corrected chi connectivity index (χ0v) is 13.4. The van der Waals surface area contributed by atoms with Crippen LogP contribution in [0.1, 0.15) is 34.7 Å². The average Bonchev–Trinajstić information content (AvgIpc) is 3.07. The average molecular weight is 327 g/mol. The molecule has 0 aliphatic carbocycles. The zero-order chi connectivity index (χ0) is 14.8. The SMILES string of the molecule is CCc1cnc(C(C)NS(=O)(=O)c2ccc(C#N)s2)s1. The van der Waals surface area contributed by atoms with Crippen molar-refractivity contribution in [1.29, 1.82) is 5.26 Å². The number of nitrogens with zero attached hydrogens (tertiary/aromatic N) is 2. The van der Waals surface area contributed by atoms with Crippen LogP contribution in [-0.4, -0.2) is 13.4 Å². The second-order valence-corrected chi connectivity index (χ2v) is 8.26. The van der Waals surface area contributed by atoms with E-state index in [0.29, 0.717) is 4.88 Å². The molecular weight excluding hydrogens is 314 g/mol. The molecule has 0 aliphatic rings. The van der Waals surface area contributed by atoms with E-state index in [4.69, 9.17) is 5.26 Å². The molecule has 20 heavy (non-hydrogen) atoms. The number of aromatic nitrogens is 1. The van der Waals surface area contributed by atoms with Gasteiger partial charge in [0.2, 0.25) is 0 Å². The summed E-state index contributed by atoms with van der Waals surface area (Å²) in [6, 6.07) is 4.49. The van der Waals surface area contributed by atoms with Crippen molar-refractivity contribution in [2.24, 2.45) is 0 Å². The Kier molecular flexibility index (Phi) is 4.55. The fraction of sp³-hybridized carbons (Fsp3) is 0.333. The Morgan fingerprint density at radius 1 is 1.45 bits per heavy atom. The number of aryl methyl sites for hydroxylation is 1. The molecule has 0 bridgehead atoms. The summed E-state index contributed by atoms with van der Waals surface area (Å²) < 4.78 is 27.1. The topological polar surface area (TPSA) is 82.8 Å². The van der Waals surface area contributed by atoms with E-state index in [1.54, 1.807) is 13.1 Å². The third-order valence-corrected chi connectivity index (χ3v) is 6.93. The Morgan fingerprint density at radius 3 is 2.75 bits per heavy atom. The molecule has 2 aromatic heterocycles. The molecule has 0 aliphatic heterocycles. The Balaban J connectivity index is 2.17. The van der Waals surface area contributed by atoms with E-state index in [1.165, 1.54) is 23.5 Å². The molecule has 106 valence electrons. The first-order chi connectivity index (χ1) is 9.46. The van der Waals surface area contributed by atoms with Crippen LogP contribution < -0.4 is 4.72 Å². The van der Waals surface area contributed by atoms with Crippen molar-refractivity contribution in [3.63, 3.8) is 0 Å². The largest absolute Gasteiger partial charge is 0.250 e. The molecule has 0 saturated heterocycles. The highest BCUT2D eigenvalue weighted by atomic mass is 32.2. The van der Waals surface area contributed by atoms with Gasteiger partial charge >= 0.3 is 0 Å². The molecule has 0 fully saturated rings. The first-order valence-electron chi connectivity index (χ1n) is 5.93. The Morgan fingerprint density at radius 2 is 2.20 bits per heavy atom. The highest BCUT2D eigenvalue weighted by Crippen LogP contribution is 2.25. The van der Waals surface area contributed by atoms with Crippen molar-refractivity contribution in [2.75, 3.05) is 0 Å². The van der Waals surface area contributed by atoms with Crippen LogP contribution in [-0.2, 0) is 16.4 Å². The quantitative estimate of drug-likeness (QED) is 0.915. The van der Waals surface area contributed by atoms with E-state index in [-0.39, 0.29) is 4.21 Å². The number of thiazole rings is 1. The lowest BCUT2D eigenvalue weighted by Crippen LogP contribution is -2.26. The van der Waals surface area contributed by atoms with E-state index in [2.05, 4.69) is 9.71 Å². The van der Waals surface area contributed by atoms with Crippen LogP contribution in [0.4, 0.5) is 0 Å². The van der Waals surface area contributed by atoms with Crippen LogP contribution in [0.5, 0.6) is 0 Å². The summed E-state index contributed by atoms with van der Waals surface area (Å²) in [6.07, 6.45) is 2.65. The maximum atomic E-state index is 12.2. The van der Waals surface area contributed by atoms with Crippen molar-refractivity contribution in [3.8, 4) is 6.07 Å². The number of nitrogens with one attached hydrogen (secondary N) is 1. The minimum absolute atomic E-state index is 0.146. The van der Waals surface area contributed by atoms with Crippen LogP contribution in [0.15, 0.2) is 22.5 Å². The molecule has 0 aromatic carbocycles. The van der Waals surface area contributed by atoms with E-state index < -0.39 is 16.1 Å². The van der Waals surface area contributed by atoms with Gasteiger partial charge < -0.3 is 0 Å². The van der Waals surface area contributed by atoms with E-state index in [1.807, 2.05) is 13.0 Å². The maximum Gasteiger partial charge on any atom is 0.250 e. The second kappa shape index (κ2) is 6.01. The number of rotatable bonds is 5. The van der Waals surface area contributed by atoms with Crippen molar-refractivity contribution in [1.82, 2.24) is 9.71 Å². The van der Waals surface area contributed by atoms with Gasteiger partial charge in [-0.2, -0.15) is 5.26 Å². The summed E-state index contributed by atoms with van der Waals surface area (Å²) in [7, 11) is -3.61. The summed E-state index contributed by atoms with van der Waals surface area (Å²) in [5.74, 6) is 0. The van der Waals surface area contributed by atoms with Gasteiger partial charge in [0.15, 0.2) is 0 Å². The Bertz CT molecular complexity index is 740. The monoisotopic (exact) mass is 327 g/mol. The summed E-state index contributed by atoms with van der Waals surface area (Å²) >= 11 is 2.46. The molecule has 5 nitrogen and oxygen atoms in total. The molecule has 0 amide bonds. The van der Waals surface area contributed by atoms with Gasteiger partial charge in [-0.25, -0.2) is 18.1 Å². The predicted molar refractivity (Wildman–Crippen MR) is 79.3 cm³/mol. The smallest absolute Gasteiger partial charge is 0.248 e. The molecular formula is C12H13N3O2S3. The summed E-state index contributed by atoms with van der Waals surface area (Å²) in [5, 5.41) is 9.48. The first-order valence-corrected chi connectivity index (χ1v) is 9.04. The molecule has 8 heteroatoms. The highest BCUT2D eigenvalue weighted by Gasteiger charge is 2.22. The Labute approximate surface area is 126 Å². The predicted octanol–water partition coefficient (Wildman–Crippen LogP) is 2.68. The van der Waals surface area contributed by atoms with Gasteiger partial charge in [-0.05, 0) is 25.5 Å². The molecule has 0 radical (unpaired) electrons. The molecule has 2 aromatic rings. The number of hydrogen-bond donors (Lipinski definition) is 1. The van der Waals surface area contributed by atoms with Gasteiger partial charge in [-0.3, -0.25) is 0 Å². The highest BCUT2D eigenvalue weighted by molar-refractivity contribution is 7.91. The van der Waals surface area contributed by atoms with Crippen molar-refractivity contribution in [3.05, 3.63) is 33.1 Å². The van der Waals surface area contributed by atoms with Crippen LogP contribution in [0, 0.1) is 11.3 Å². The molecule has 1 N–H and O–H groups in total. The molecule has 2 heterocycles. The molecule has 0 saturated carbocycles. The van der Waals surface area contributed by atoms with Crippen molar-refractivity contribution in [2.45, 2.75) is 30.5 Å². The fourth-order valence-electron chi connectivity index (χ4n) is 1.55. The van der Waals surface area contributed by atoms with Crippen molar-refractivity contribution >= 4 is 32.7 Å². The van der Waals surface area contributed by atoms with Crippen molar-refractivity contribution < 1.29 is 8.42 Å². The van der Waals surface area contributed by atoms with Gasteiger partial charge in [0.1, 0.15) is 20.2 Å². The summed E-state index contributed by atoms with van der Waals surface area (Å²) in [6.45, 7) is 3.79. The van der Waals surface area contributed by atoms with Crippen LogP contribution in [0.25, 0.3) is 0 Å². The van der Waals surface area contributed by atoms with Crippen LogP contribution >= 0.6 is 22.7 Å². The molecule has 0 spiro atoms. The lowest BCUT2D eigenvalue weighted by Gasteiger charge is -2.10. The summed E-state index contributed by atoms with van der Waals surface area (Å²) in [4.78, 5) is 5.72. The van der Waals surface area contributed by atoms with E-state index >= 15 is 0 Å². The van der Waals surface area contributed by atoms with Gasteiger partial charge in [-0.15, -0.1) is 22.7 Å². The van der Waals surface area contributed by atoms with Gasteiger partial charge in [0, 0.05) is 11.1 Å². The number of sulfonamides is 1. The zero-order valence-electron chi connectivity index (χ0n) is 11.0. The molecule has 1 atom stereocenters. The third-order valence-electron chi connectivity index (χ3n) is 2.58. The molecule has 1 unspecified atom stereocenters. The minimum Gasteiger partial charge on any atom is -0.248 e. The number of hydrogen-bond acceptors (Lipinski definition) is 6. The van der Waals surface area contributed by atoms with Gasteiger partial charge in [0.25, 0.3) is 10.0 Å². The first kappa shape index (κ1) is 15.1. The minimum atomic E-state index is -3.61. The normalized spacial score (nSPS) is 13.1. The lowest BCUT2D eigenvalue weighted by atomic mass is 10.4. The fourth-order valence-corrected chi connectivity index (χ4v) is 4.81. The van der Waals surface area contributed by atoms with Gasteiger partial charge in [0.05, 0.1) is 6.04 Å². The lowest BCUT2D eigenvalue weighted by molar-refractivity contribution is 0.568. The third kappa shape index (κ3) is 3.24. The molecule has 2 rings (SSSR count). The summed E-state index contributed by atoms with van der Waals surface area (Å²) in [5.41, 5.74) is 0. The number of thiophene rings is 1. The number of nitriles is 1. The van der Waals surface area contributed by atoms with Crippen LogP contribution in [0.2, 0.25) is 0 Å². The van der Waals surface area contributed by atoms with Gasteiger partial charge in [-0.1, -0.05) is 6.92 Å². The Hall–Kier alpha value is -1.27. The van der Waals surface area contributed by atoms with E-state index in [0.717, 1.165) is 27.6 Å². The standard InChI is InChI=1S/C12H13N3O2S3/c1-3-9-7-14-12(19-9)8(2)15-20(16,17)11-5-4-10(6-13)18-11/h4-5,7-8,15H,3H2,1-2H3. The van der Waals surface area contributed by atoms with E-state index in [9.17, 15) is 8.42 Å².